The van der Waals surface area contributed by atoms with Crippen molar-refractivity contribution in [3.63, 3.8) is 0 Å². The summed E-state index contributed by atoms with van der Waals surface area (Å²) in [6.07, 6.45) is 7.50. The number of amides is 1. The Labute approximate surface area is 155 Å². The van der Waals surface area contributed by atoms with Gasteiger partial charge in [-0.25, -0.2) is 0 Å². The second-order valence-electron chi connectivity index (χ2n) is 8.73. The SMILES string of the molecule is CCN(CCC1CCN(CC(=O)N2CCCC[C@H]2C)CC1)CC(C)C. The van der Waals surface area contributed by atoms with Crippen molar-refractivity contribution < 1.29 is 4.79 Å². The van der Waals surface area contributed by atoms with Crippen molar-refractivity contribution in [3.8, 4) is 0 Å². The molecular formula is C21H41N3O. The Morgan fingerprint density at radius 1 is 1.12 bits per heavy atom. The molecule has 25 heavy (non-hydrogen) atoms. The number of likely N-dealkylation sites (tertiary alicyclic amines) is 2. The van der Waals surface area contributed by atoms with Gasteiger partial charge in [0.2, 0.25) is 5.91 Å². The predicted octanol–water partition coefficient (Wildman–Crippen LogP) is 3.47. The van der Waals surface area contributed by atoms with Gasteiger partial charge in [0.05, 0.1) is 6.54 Å². The summed E-state index contributed by atoms with van der Waals surface area (Å²) in [5, 5.41) is 0. The average Bonchev–Trinajstić information content (AvgIpc) is 2.59. The lowest BCUT2D eigenvalue weighted by molar-refractivity contribution is -0.136. The van der Waals surface area contributed by atoms with E-state index in [2.05, 4.69) is 42.4 Å². The highest BCUT2D eigenvalue weighted by molar-refractivity contribution is 5.78. The lowest BCUT2D eigenvalue weighted by Crippen LogP contribution is -2.48. The van der Waals surface area contributed by atoms with E-state index in [4.69, 9.17) is 0 Å². The summed E-state index contributed by atoms with van der Waals surface area (Å²) in [4.78, 5) is 19.7. The van der Waals surface area contributed by atoms with Crippen LogP contribution in [0, 0.1) is 11.8 Å². The first-order chi connectivity index (χ1) is 12.0. The number of nitrogens with zero attached hydrogens (tertiary/aromatic N) is 3. The smallest absolute Gasteiger partial charge is 0.236 e. The minimum Gasteiger partial charge on any atom is -0.339 e. The van der Waals surface area contributed by atoms with Crippen LogP contribution in [0.3, 0.4) is 0 Å². The van der Waals surface area contributed by atoms with Crippen LogP contribution in [0.15, 0.2) is 0 Å². The number of hydrogen-bond acceptors (Lipinski definition) is 3. The molecule has 4 heteroatoms. The summed E-state index contributed by atoms with van der Waals surface area (Å²) < 4.78 is 0. The molecule has 2 aliphatic rings. The first-order valence-electron chi connectivity index (χ1n) is 10.7. The normalized spacial score (nSPS) is 23.6. The average molecular weight is 352 g/mol. The fourth-order valence-electron chi connectivity index (χ4n) is 4.44. The van der Waals surface area contributed by atoms with Crippen molar-refractivity contribution in [1.29, 1.82) is 0 Å². The first kappa shape index (κ1) is 20.7. The summed E-state index contributed by atoms with van der Waals surface area (Å²) in [7, 11) is 0. The van der Waals surface area contributed by atoms with Gasteiger partial charge in [-0.3, -0.25) is 9.69 Å². The fraction of sp³-hybridized carbons (Fsp3) is 0.952. The van der Waals surface area contributed by atoms with E-state index < -0.39 is 0 Å². The molecule has 1 atom stereocenters. The molecule has 0 saturated carbocycles. The number of piperidine rings is 2. The number of carbonyl (C=O) groups excluding carboxylic acids is 1. The lowest BCUT2D eigenvalue weighted by atomic mass is 9.93. The van der Waals surface area contributed by atoms with E-state index in [-0.39, 0.29) is 0 Å². The van der Waals surface area contributed by atoms with E-state index in [1.54, 1.807) is 0 Å². The highest BCUT2D eigenvalue weighted by Gasteiger charge is 2.26. The molecule has 0 aliphatic carbocycles. The van der Waals surface area contributed by atoms with E-state index in [1.165, 1.54) is 58.2 Å². The summed E-state index contributed by atoms with van der Waals surface area (Å²) in [6.45, 7) is 16.6. The van der Waals surface area contributed by atoms with E-state index in [1.807, 2.05) is 0 Å². The van der Waals surface area contributed by atoms with Crippen molar-refractivity contribution in [2.75, 3.05) is 45.8 Å². The third-order valence-corrected chi connectivity index (χ3v) is 6.11. The van der Waals surface area contributed by atoms with Crippen LogP contribution in [-0.4, -0.2) is 72.5 Å². The number of carbonyl (C=O) groups is 1. The topological polar surface area (TPSA) is 26.8 Å². The molecule has 0 aromatic carbocycles. The Bertz CT molecular complexity index is 391. The maximum absolute atomic E-state index is 12.6. The van der Waals surface area contributed by atoms with Gasteiger partial charge >= 0.3 is 0 Å². The lowest BCUT2D eigenvalue weighted by Gasteiger charge is -2.37. The Hall–Kier alpha value is -0.610. The molecule has 0 bridgehead atoms. The maximum Gasteiger partial charge on any atom is 0.236 e. The van der Waals surface area contributed by atoms with Crippen LogP contribution in [-0.2, 0) is 4.79 Å². The Morgan fingerprint density at radius 3 is 2.44 bits per heavy atom. The minimum atomic E-state index is 0.361. The van der Waals surface area contributed by atoms with Gasteiger partial charge in [0, 0.05) is 19.1 Å². The molecule has 0 N–H and O–H groups in total. The quantitative estimate of drug-likeness (QED) is 0.670. The molecule has 2 aliphatic heterocycles. The van der Waals surface area contributed by atoms with Gasteiger partial charge in [-0.05, 0) is 83.5 Å². The number of rotatable bonds is 8. The largest absolute Gasteiger partial charge is 0.339 e. The third-order valence-electron chi connectivity index (χ3n) is 6.11. The molecule has 2 fully saturated rings. The molecule has 2 saturated heterocycles. The fourth-order valence-corrected chi connectivity index (χ4v) is 4.44. The molecule has 146 valence electrons. The predicted molar refractivity (Wildman–Crippen MR) is 106 cm³/mol. The number of hydrogen-bond donors (Lipinski definition) is 0. The highest BCUT2D eigenvalue weighted by atomic mass is 16.2. The van der Waals surface area contributed by atoms with Crippen molar-refractivity contribution in [2.24, 2.45) is 11.8 Å². The van der Waals surface area contributed by atoms with E-state index in [0.717, 1.165) is 31.5 Å². The van der Waals surface area contributed by atoms with E-state index in [0.29, 0.717) is 18.5 Å². The van der Waals surface area contributed by atoms with Gasteiger partial charge in [-0.1, -0.05) is 20.8 Å². The van der Waals surface area contributed by atoms with Crippen LogP contribution in [0.4, 0.5) is 0 Å². The van der Waals surface area contributed by atoms with Crippen LogP contribution >= 0.6 is 0 Å². The molecule has 0 aromatic heterocycles. The van der Waals surface area contributed by atoms with Gasteiger partial charge in [-0.2, -0.15) is 0 Å². The van der Waals surface area contributed by atoms with E-state index in [9.17, 15) is 4.79 Å². The molecular weight excluding hydrogens is 310 g/mol. The molecule has 0 unspecified atom stereocenters. The van der Waals surface area contributed by atoms with Crippen molar-refractivity contribution in [3.05, 3.63) is 0 Å². The Balaban J connectivity index is 1.66. The molecule has 0 spiro atoms. The van der Waals surface area contributed by atoms with Gasteiger partial charge < -0.3 is 9.80 Å². The van der Waals surface area contributed by atoms with Crippen LogP contribution < -0.4 is 0 Å². The van der Waals surface area contributed by atoms with Gasteiger partial charge in [-0.15, -0.1) is 0 Å². The molecule has 2 rings (SSSR count). The van der Waals surface area contributed by atoms with Crippen LogP contribution in [0.25, 0.3) is 0 Å². The molecule has 2 heterocycles. The zero-order chi connectivity index (χ0) is 18.2. The standard InChI is InChI=1S/C21H41N3O/c1-5-22(16-18(2)3)13-9-20-10-14-23(15-11-20)17-21(25)24-12-7-6-8-19(24)4/h18-20H,5-17H2,1-4H3/t19-/m1/s1. The summed E-state index contributed by atoms with van der Waals surface area (Å²) in [5.74, 6) is 1.96. The molecule has 0 radical (unpaired) electrons. The third kappa shape index (κ3) is 6.90. The van der Waals surface area contributed by atoms with Crippen LogP contribution in [0.2, 0.25) is 0 Å². The minimum absolute atomic E-state index is 0.361. The maximum atomic E-state index is 12.6. The highest BCUT2D eigenvalue weighted by Crippen LogP contribution is 2.22. The summed E-state index contributed by atoms with van der Waals surface area (Å²) in [5.41, 5.74) is 0. The summed E-state index contributed by atoms with van der Waals surface area (Å²) >= 11 is 0. The molecule has 0 aromatic rings. The van der Waals surface area contributed by atoms with Gasteiger partial charge in [0.15, 0.2) is 0 Å². The van der Waals surface area contributed by atoms with Gasteiger partial charge in [0.25, 0.3) is 0 Å². The van der Waals surface area contributed by atoms with E-state index >= 15 is 0 Å². The molecule has 1 amide bonds. The van der Waals surface area contributed by atoms with Crippen molar-refractivity contribution >= 4 is 5.91 Å². The second kappa shape index (κ2) is 10.5. The summed E-state index contributed by atoms with van der Waals surface area (Å²) in [6, 6.07) is 0.444. The van der Waals surface area contributed by atoms with Crippen molar-refractivity contribution in [1.82, 2.24) is 14.7 Å². The Morgan fingerprint density at radius 2 is 1.84 bits per heavy atom. The van der Waals surface area contributed by atoms with Crippen LogP contribution in [0.1, 0.15) is 66.2 Å². The zero-order valence-electron chi connectivity index (χ0n) is 17.2. The first-order valence-corrected chi connectivity index (χ1v) is 10.7. The van der Waals surface area contributed by atoms with Crippen LogP contribution in [0.5, 0.6) is 0 Å². The van der Waals surface area contributed by atoms with Gasteiger partial charge in [0.1, 0.15) is 0 Å². The molecule has 4 nitrogen and oxygen atoms in total. The monoisotopic (exact) mass is 351 g/mol. The second-order valence-corrected chi connectivity index (χ2v) is 8.73. The Kier molecular flexibility index (Phi) is 8.71. The van der Waals surface area contributed by atoms with Crippen molar-refractivity contribution in [2.45, 2.75) is 72.3 Å². The zero-order valence-corrected chi connectivity index (χ0v) is 17.2.